The molecule has 1 aliphatic rings. The largest absolute Gasteiger partial charge is 0.455 e. The molecule has 3 rings (SSSR count). The molecule has 0 saturated heterocycles. The second kappa shape index (κ2) is 8.50. The normalized spacial score (nSPS) is 12.5. The van der Waals surface area contributed by atoms with Gasteiger partial charge in [-0.05, 0) is 49.2 Å². The predicted octanol–water partition coefficient (Wildman–Crippen LogP) is 1.49. The number of carbonyl (C=O) groups is 2. The average molecular weight is 420 g/mol. The summed E-state index contributed by atoms with van der Waals surface area (Å²) < 4.78 is 41.9. The van der Waals surface area contributed by atoms with Gasteiger partial charge in [0.05, 0.1) is 4.90 Å². The van der Waals surface area contributed by atoms with Crippen LogP contribution >= 0.6 is 0 Å². The van der Waals surface area contributed by atoms with Crippen LogP contribution < -0.4 is 19.5 Å². The highest BCUT2D eigenvalue weighted by Gasteiger charge is 2.18. The Morgan fingerprint density at radius 1 is 1.03 bits per heavy atom. The van der Waals surface area contributed by atoms with Crippen molar-refractivity contribution in [2.45, 2.75) is 18.7 Å². The monoisotopic (exact) mass is 420 g/mol. The van der Waals surface area contributed by atoms with Crippen LogP contribution in [0.1, 0.15) is 11.1 Å². The standard InChI is InChI=1S/C19H20N2O7S/c1-12-3-5-15(7-13(12)2)29(24,25)20-9-19(23)26-10-18(22)21-14-4-6-16-17(8-14)28-11-27-16/h3-8,20H,9-11H2,1-2H3,(H,21,22). The number of aryl methyl sites for hydroxylation is 2. The van der Waals surface area contributed by atoms with Gasteiger partial charge in [0.15, 0.2) is 18.1 Å². The summed E-state index contributed by atoms with van der Waals surface area (Å²) in [5, 5.41) is 2.55. The van der Waals surface area contributed by atoms with Crippen molar-refractivity contribution in [1.29, 1.82) is 0 Å². The molecule has 0 atom stereocenters. The molecule has 0 fully saturated rings. The summed E-state index contributed by atoms with van der Waals surface area (Å²) >= 11 is 0. The Labute approximate surface area is 168 Å². The SMILES string of the molecule is Cc1ccc(S(=O)(=O)NCC(=O)OCC(=O)Nc2ccc3c(c2)OCO3)cc1C. The Balaban J connectivity index is 1.46. The second-order valence-electron chi connectivity index (χ2n) is 6.35. The number of ether oxygens (including phenoxy) is 3. The van der Waals surface area contributed by atoms with E-state index in [9.17, 15) is 18.0 Å². The molecule has 29 heavy (non-hydrogen) atoms. The molecule has 1 aliphatic heterocycles. The minimum Gasteiger partial charge on any atom is -0.455 e. The number of anilines is 1. The molecule has 154 valence electrons. The molecule has 2 N–H and O–H groups in total. The molecule has 0 aliphatic carbocycles. The lowest BCUT2D eigenvalue weighted by molar-refractivity contribution is -0.146. The zero-order valence-electron chi connectivity index (χ0n) is 15.9. The first-order valence-corrected chi connectivity index (χ1v) is 10.1. The fraction of sp³-hybridized carbons (Fsp3) is 0.263. The molecule has 9 nitrogen and oxygen atoms in total. The highest BCUT2D eigenvalue weighted by atomic mass is 32.2. The first-order valence-electron chi connectivity index (χ1n) is 8.66. The molecule has 0 saturated carbocycles. The number of sulfonamides is 1. The van der Waals surface area contributed by atoms with E-state index >= 15 is 0 Å². The highest BCUT2D eigenvalue weighted by molar-refractivity contribution is 7.89. The third-order valence-electron chi connectivity index (χ3n) is 4.22. The van der Waals surface area contributed by atoms with Gasteiger partial charge in [-0.2, -0.15) is 4.72 Å². The van der Waals surface area contributed by atoms with E-state index in [2.05, 4.69) is 10.0 Å². The van der Waals surface area contributed by atoms with E-state index in [1.165, 1.54) is 12.1 Å². The quantitative estimate of drug-likeness (QED) is 0.651. The molecular weight excluding hydrogens is 400 g/mol. The lowest BCUT2D eigenvalue weighted by atomic mass is 10.1. The van der Waals surface area contributed by atoms with Crippen LogP contribution in [0.4, 0.5) is 5.69 Å². The minimum atomic E-state index is -3.86. The first-order chi connectivity index (χ1) is 13.7. The Hall–Kier alpha value is -3.11. The maximum atomic E-state index is 12.3. The molecule has 0 radical (unpaired) electrons. The molecule has 0 unspecified atom stereocenters. The zero-order chi connectivity index (χ0) is 21.0. The Bertz CT molecular complexity index is 1050. The Morgan fingerprint density at radius 2 is 1.79 bits per heavy atom. The summed E-state index contributed by atoms with van der Waals surface area (Å²) in [7, 11) is -3.86. The van der Waals surface area contributed by atoms with Gasteiger partial charge in [0.2, 0.25) is 16.8 Å². The first kappa shape index (κ1) is 20.6. The van der Waals surface area contributed by atoms with Crippen LogP contribution in [-0.4, -0.2) is 40.2 Å². The minimum absolute atomic E-state index is 0.0500. The lowest BCUT2D eigenvalue weighted by Gasteiger charge is -2.09. The van der Waals surface area contributed by atoms with E-state index in [0.29, 0.717) is 17.2 Å². The van der Waals surface area contributed by atoms with Gasteiger partial charge < -0.3 is 19.5 Å². The summed E-state index contributed by atoms with van der Waals surface area (Å²) in [5.74, 6) is -0.376. The number of amides is 1. The number of fused-ring (bicyclic) bond motifs is 1. The van der Waals surface area contributed by atoms with Crippen LogP contribution in [0, 0.1) is 13.8 Å². The van der Waals surface area contributed by atoms with Crippen LogP contribution in [0.15, 0.2) is 41.3 Å². The molecule has 2 aromatic carbocycles. The molecule has 1 amide bonds. The van der Waals surface area contributed by atoms with Crippen molar-refractivity contribution in [1.82, 2.24) is 4.72 Å². The molecule has 2 aromatic rings. The van der Waals surface area contributed by atoms with Gasteiger partial charge >= 0.3 is 5.97 Å². The topological polar surface area (TPSA) is 120 Å². The summed E-state index contributed by atoms with van der Waals surface area (Å²) in [6, 6.07) is 9.50. The number of carbonyl (C=O) groups excluding carboxylic acids is 2. The zero-order valence-corrected chi connectivity index (χ0v) is 16.7. The third-order valence-corrected chi connectivity index (χ3v) is 5.61. The molecule has 10 heteroatoms. The highest BCUT2D eigenvalue weighted by Crippen LogP contribution is 2.34. The van der Waals surface area contributed by atoms with Crippen LogP contribution in [0.25, 0.3) is 0 Å². The van der Waals surface area contributed by atoms with E-state index in [1.807, 2.05) is 6.92 Å². The van der Waals surface area contributed by atoms with Gasteiger partial charge in [-0.15, -0.1) is 0 Å². The molecular formula is C19H20N2O7S. The van der Waals surface area contributed by atoms with Crippen molar-refractivity contribution in [2.24, 2.45) is 0 Å². The van der Waals surface area contributed by atoms with E-state index in [1.54, 1.807) is 31.2 Å². The maximum Gasteiger partial charge on any atom is 0.321 e. The fourth-order valence-corrected chi connectivity index (χ4v) is 3.54. The Kier molecular flexibility index (Phi) is 6.04. The van der Waals surface area contributed by atoms with Crippen LogP contribution in [0.5, 0.6) is 11.5 Å². The van der Waals surface area contributed by atoms with Crippen molar-refractivity contribution in [3.05, 3.63) is 47.5 Å². The van der Waals surface area contributed by atoms with Gasteiger partial charge in [-0.25, -0.2) is 8.42 Å². The lowest BCUT2D eigenvalue weighted by Crippen LogP contribution is -2.32. The maximum absolute atomic E-state index is 12.3. The number of rotatable bonds is 7. The van der Waals surface area contributed by atoms with Gasteiger partial charge in [0.1, 0.15) is 6.54 Å². The van der Waals surface area contributed by atoms with Gasteiger partial charge in [-0.3, -0.25) is 9.59 Å². The van der Waals surface area contributed by atoms with Crippen molar-refractivity contribution >= 4 is 27.6 Å². The van der Waals surface area contributed by atoms with Gasteiger partial charge in [-0.1, -0.05) is 6.07 Å². The molecule has 0 bridgehead atoms. The van der Waals surface area contributed by atoms with Crippen molar-refractivity contribution in [3.63, 3.8) is 0 Å². The second-order valence-corrected chi connectivity index (χ2v) is 8.11. The van der Waals surface area contributed by atoms with Crippen LogP contribution in [0.3, 0.4) is 0 Å². The van der Waals surface area contributed by atoms with Crippen LogP contribution in [0.2, 0.25) is 0 Å². The van der Waals surface area contributed by atoms with Gasteiger partial charge in [0.25, 0.3) is 5.91 Å². The Morgan fingerprint density at radius 3 is 2.55 bits per heavy atom. The third kappa shape index (κ3) is 5.24. The van der Waals surface area contributed by atoms with Gasteiger partial charge in [0, 0.05) is 11.8 Å². The van der Waals surface area contributed by atoms with E-state index < -0.39 is 35.1 Å². The van der Waals surface area contributed by atoms with E-state index in [4.69, 9.17) is 14.2 Å². The van der Waals surface area contributed by atoms with Crippen molar-refractivity contribution < 1.29 is 32.2 Å². The number of esters is 1. The fourth-order valence-electron chi connectivity index (χ4n) is 2.49. The number of hydrogen-bond donors (Lipinski definition) is 2. The summed E-state index contributed by atoms with van der Waals surface area (Å²) in [6.07, 6.45) is 0. The smallest absolute Gasteiger partial charge is 0.321 e. The average Bonchev–Trinajstić information content (AvgIpc) is 3.14. The molecule has 0 spiro atoms. The number of benzene rings is 2. The number of nitrogens with one attached hydrogen (secondary N) is 2. The van der Waals surface area contributed by atoms with E-state index in [-0.39, 0.29) is 11.7 Å². The van der Waals surface area contributed by atoms with Crippen molar-refractivity contribution in [3.8, 4) is 11.5 Å². The summed E-state index contributed by atoms with van der Waals surface area (Å²) in [6.45, 7) is 2.63. The predicted molar refractivity (Wildman–Crippen MR) is 103 cm³/mol. The summed E-state index contributed by atoms with van der Waals surface area (Å²) in [4.78, 5) is 23.7. The summed E-state index contributed by atoms with van der Waals surface area (Å²) in [5.41, 5.74) is 2.22. The van der Waals surface area contributed by atoms with E-state index in [0.717, 1.165) is 11.1 Å². The molecule has 0 aromatic heterocycles. The number of hydrogen-bond acceptors (Lipinski definition) is 7. The van der Waals surface area contributed by atoms with Crippen LogP contribution in [-0.2, 0) is 24.3 Å². The van der Waals surface area contributed by atoms with Crippen molar-refractivity contribution in [2.75, 3.05) is 25.3 Å². The molecule has 1 heterocycles.